The van der Waals surface area contributed by atoms with Crippen molar-refractivity contribution >= 4 is 47.2 Å². The van der Waals surface area contributed by atoms with Crippen LogP contribution in [0.15, 0.2) is 4.99 Å². The van der Waals surface area contributed by atoms with Crippen molar-refractivity contribution in [3.63, 3.8) is 0 Å². The molecule has 0 aromatic carbocycles. The van der Waals surface area contributed by atoms with E-state index < -0.39 is 0 Å². The topological polar surface area (TPSA) is 69.6 Å². The number of aliphatic imine (C=N–C) groups is 1. The molecule has 6 nitrogen and oxygen atoms in total. The molecule has 1 aromatic heterocycles. The highest BCUT2D eigenvalue weighted by Gasteiger charge is 2.17. The molecule has 0 saturated carbocycles. The van der Waals surface area contributed by atoms with Crippen LogP contribution in [0.5, 0.6) is 0 Å². The Balaban J connectivity index is 0.00000242. The van der Waals surface area contributed by atoms with Crippen LogP contribution in [0, 0.1) is 13.8 Å². The average Bonchev–Trinajstić information content (AvgIpc) is 3.10. The average molecular weight is 437 g/mol. The summed E-state index contributed by atoms with van der Waals surface area (Å²) in [5, 5.41) is 7.28. The number of guanidine groups is 1. The van der Waals surface area contributed by atoms with Gasteiger partial charge >= 0.3 is 0 Å². The van der Waals surface area contributed by atoms with Gasteiger partial charge in [-0.1, -0.05) is 0 Å². The third kappa shape index (κ3) is 5.38. The molecule has 0 bridgehead atoms. The number of nitrogens with zero attached hydrogens (tertiary/aromatic N) is 3. The lowest BCUT2D eigenvalue weighted by Gasteiger charge is -2.17. The predicted molar refractivity (Wildman–Crippen MR) is 101 cm³/mol. The molecule has 0 unspecified atom stereocenters. The van der Waals surface area contributed by atoms with Gasteiger partial charge < -0.3 is 15.5 Å². The van der Waals surface area contributed by atoms with Crippen molar-refractivity contribution in [3.05, 3.63) is 15.6 Å². The Morgan fingerprint density at radius 2 is 2.00 bits per heavy atom. The van der Waals surface area contributed by atoms with E-state index in [2.05, 4.69) is 27.5 Å². The number of amides is 1. The first-order chi connectivity index (χ1) is 10.1. The molecule has 0 aliphatic carbocycles. The second-order valence-electron chi connectivity index (χ2n) is 5.12. The molecule has 0 atom stereocenters. The number of hydrogen-bond acceptors (Lipinski definition) is 4. The maximum Gasteiger partial charge on any atom is 0.241 e. The largest absolute Gasteiger partial charge is 0.350 e. The van der Waals surface area contributed by atoms with Crippen LogP contribution < -0.4 is 10.6 Å². The molecule has 1 fully saturated rings. The summed E-state index contributed by atoms with van der Waals surface area (Å²) < 4.78 is 0. The number of aromatic nitrogens is 1. The summed E-state index contributed by atoms with van der Waals surface area (Å²) in [5.41, 5.74) is 1.07. The lowest BCUT2D eigenvalue weighted by molar-refractivity contribution is -0.128. The second kappa shape index (κ2) is 9.29. The summed E-state index contributed by atoms with van der Waals surface area (Å²) in [5.74, 6) is 0.768. The van der Waals surface area contributed by atoms with Crippen molar-refractivity contribution < 1.29 is 4.79 Å². The van der Waals surface area contributed by atoms with Crippen LogP contribution in [0.25, 0.3) is 0 Å². The summed E-state index contributed by atoms with van der Waals surface area (Å²) in [4.78, 5) is 23.7. The fraction of sp³-hybridized carbons (Fsp3) is 0.643. The molecule has 2 heterocycles. The van der Waals surface area contributed by atoms with Crippen molar-refractivity contribution in [2.75, 3.05) is 26.7 Å². The Hall–Kier alpha value is -0.900. The van der Waals surface area contributed by atoms with Crippen LogP contribution in [-0.2, 0) is 11.3 Å². The van der Waals surface area contributed by atoms with Gasteiger partial charge in [-0.05, 0) is 26.7 Å². The van der Waals surface area contributed by atoms with Gasteiger partial charge in [0, 0.05) is 25.0 Å². The minimum absolute atomic E-state index is 0. The molecular formula is C14H24IN5OS. The van der Waals surface area contributed by atoms with Gasteiger partial charge in [0.2, 0.25) is 5.91 Å². The van der Waals surface area contributed by atoms with Gasteiger partial charge in [-0.3, -0.25) is 9.79 Å². The van der Waals surface area contributed by atoms with Gasteiger partial charge in [0.1, 0.15) is 5.01 Å². The Kier molecular flexibility index (Phi) is 8.08. The van der Waals surface area contributed by atoms with Gasteiger partial charge in [-0.25, -0.2) is 4.98 Å². The van der Waals surface area contributed by atoms with Crippen molar-refractivity contribution in [2.45, 2.75) is 33.2 Å². The number of thiazole rings is 1. The molecule has 1 aliphatic heterocycles. The number of halogens is 1. The zero-order chi connectivity index (χ0) is 15.2. The fourth-order valence-corrected chi connectivity index (χ4v) is 3.11. The van der Waals surface area contributed by atoms with Crippen LogP contribution in [0.2, 0.25) is 0 Å². The molecule has 0 radical (unpaired) electrons. The SMILES string of the molecule is CN=C(NCC(=O)N1CCCC1)NCc1nc(C)c(C)s1.I. The van der Waals surface area contributed by atoms with E-state index in [9.17, 15) is 4.79 Å². The lowest BCUT2D eigenvalue weighted by atomic mass is 10.4. The molecule has 2 rings (SSSR count). The van der Waals surface area contributed by atoms with Crippen LogP contribution in [0.3, 0.4) is 0 Å². The van der Waals surface area contributed by atoms with E-state index >= 15 is 0 Å². The molecule has 22 heavy (non-hydrogen) atoms. The summed E-state index contributed by atoms with van der Waals surface area (Å²) in [6.45, 7) is 6.75. The molecule has 1 saturated heterocycles. The smallest absolute Gasteiger partial charge is 0.241 e. The van der Waals surface area contributed by atoms with Crippen LogP contribution in [0.4, 0.5) is 0 Å². The number of nitrogens with one attached hydrogen (secondary N) is 2. The predicted octanol–water partition coefficient (Wildman–Crippen LogP) is 1.67. The normalized spacial score (nSPS) is 14.7. The highest BCUT2D eigenvalue weighted by atomic mass is 127. The van der Waals surface area contributed by atoms with Crippen molar-refractivity contribution in [2.24, 2.45) is 4.99 Å². The van der Waals surface area contributed by atoms with E-state index in [0.29, 0.717) is 12.5 Å². The number of likely N-dealkylation sites (tertiary alicyclic amines) is 1. The molecule has 8 heteroatoms. The van der Waals surface area contributed by atoms with Gasteiger partial charge in [-0.15, -0.1) is 35.3 Å². The maximum absolute atomic E-state index is 12.0. The minimum Gasteiger partial charge on any atom is -0.350 e. The maximum atomic E-state index is 12.0. The third-order valence-electron chi connectivity index (χ3n) is 3.57. The van der Waals surface area contributed by atoms with Gasteiger partial charge in [0.25, 0.3) is 0 Å². The van der Waals surface area contributed by atoms with E-state index in [1.165, 1.54) is 4.88 Å². The third-order valence-corrected chi connectivity index (χ3v) is 4.64. The van der Waals surface area contributed by atoms with Crippen molar-refractivity contribution in [3.8, 4) is 0 Å². The number of carbonyl (C=O) groups is 1. The van der Waals surface area contributed by atoms with E-state index in [1.807, 2.05) is 11.8 Å². The first kappa shape index (κ1) is 19.1. The molecule has 1 aliphatic rings. The Morgan fingerprint density at radius 3 is 2.55 bits per heavy atom. The van der Waals surface area contributed by atoms with Gasteiger partial charge in [0.15, 0.2) is 5.96 Å². The first-order valence-electron chi connectivity index (χ1n) is 7.25. The van der Waals surface area contributed by atoms with E-state index in [1.54, 1.807) is 18.4 Å². The molecule has 1 aromatic rings. The molecular weight excluding hydrogens is 413 g/mol. The van der Waals surface area contributed by atoms with E-state index in [0.717, 1.165) is 36.6 Å². The van der Waals surface area contributed by atoms with E-state index in [4.69, 9.17) is 0 Å². The van der Waals surface area contributed by atoms with Crippen molar-refractivity contribution in [1.82, 2.24) is 20.5 Å². The zero-order valence-corrected chi connectivity index (χ0v) is 16.5. The zero-order valence-electron chi connectivity index (χ0n) is 13.3. The summed E-state index contributed by atoms with van der Waals surface area (Å²) in [6.07, 6.45) is 2.23. The summed E-state index contributed by atoms with van der Waals surface area (Å²) in [7, 11) is 1.70. The van der Waals surface area contributed by atoms with Gasteiger partial charge in [-0.2, -0.15) is 0 Å². The summed E-state index contributed by atoms with van der Waals surface area (Å²) in [6, 6.07) is 0. The standard InChI is InChI=1S/C14H23N5OS.HI/c1-10-11(2)21-12(18-10)8-16-14(15-3)17-9-13(20)19-6-4-5-7-19;/h4-9H2,1-3H3,(H2,15,16,17);1H. The Morgan fingerprint density at radius 1 is 1.32 bits per heavy atom. The second-order valence-corrected chi connectivity index (χ2v) is 6.40. The monoisotopic (exact) mass is 437 g/mol. The van der Waals surface area contributed by atoms with Crippen LogP contribution in [0.1, 0.15) is 28.4 Å². The number of hydrogen-bond donors (Lipinski definition) is 2. The Labute approximate surface area is 152 Å². The summed E-state index contributed by atoms with van der Waals surface area (Å²) >= 11 is 1.68. The number of carbonyl (C=O) groups excluding carboxylic acids is 1. The highest BCUT2D eigenvalue weighted by molar-refractivity contribution is 14.0. The molecule has 2 N–H and O–H groups in total. The van der Waals surface area contributed by atoms with Crippen LogP contribution >= 0.6 is 35.3 Å². The number of rotatable bonds is 4. The molecule has 1 amide bonds. The molecule has 124 valence electrons. The quantitative estimate of drug-likeness (QED) is 0.427. The fourth-order valence-electron chi connectivity index (χ4n) is 2.23. The Bertz CT molecular complexity index is 506. The highest BCUT2D eigenvalue weighted by Crippen LogP contribution is 2.15. The minimum atomic E-state index is 0. The van der Waals surface area contributed by atoms with Crippen molar-refractivity contribution in [1.29, 1.82) is 0 Å². The van der Waals surface area contributed by atoms with Gasteiger partial charge in [0.05, 0.1) is 18.8 Å². The lowest BCUT2D eigenvalue weighted by Crippen LogP contribution is -2.43. The van der Waals surface area contributed by atoms with E-state index in [-0.39, 0.29) is 36.4 Å². The van der Waals surface area contributed by atoms with Crippen LogP contribution in [-0.4, -0.2) is 48.4 Å². The first-order valence-corrected chi connectivity index (χ1v) is 8.07. The molecule has 0 spiro atoms. The number of aryl methyl sites for hydroxylation is 2.